The van der Waals surface area contributed by atoms with E-state index >= 15 is 0 Å². The van der Waals surface area contributed by atoms with Crippen molar-refractivity contribution in [1.29, 1.82) is 0 Å². The molecule has 550 valence electrons. The molecule has 0 bridgehead atoms. The molecular weight excluding hydrogens is 1460 g/mol. The normalized spacial score (nSPS) is 14.4. The van der Waals surface area contributed by atoms with Crippen molar-refractivity contribution in [1.82, 2.24) is 0 Å². The van der Waals surface area contributed by atoms with Crippen LogP contribution in [-0.2, 0) is 9.05 Å². The van der Waals surface area contributed by atoms with Crippen LogP contribution in [0.1, 0.15) is 11.1 Å². The van der Waals surface area contributed by atoms with Gasteiger partial charge in [0.25, 0.3) is 0 Å². The summed E-state index contributed by atoms with van der Waals surface area (Å²) in [7, 11) is -3.34. The van der Waals surface area contributed by atoms with E-state index in [0.29, 0.717) is 0 Å². The van der Waals surface area contributed by atoms with Crippen LogP contribution in [0.4, 0.5) is 22.7 Å². The van der Waals surface area contributed by atoms with Crippen LogP contribution >= 0.6 is 24.9 Å². The third-order valence-corrected chi connectivity index (χ3v) is 26.1. The molecule has 0 fully saturated rings. The maximum atomic E-state index is 6.96. The SMILES string of the molecule is C1=CN(c2ccc(-c3ccccc3)cc2)P(c2cc(-c3ccccc3)cc(-c3ccccc3)c2)O1.c1ccc(-c2ccc(N3c4cc(-c5ccccc5)c(-c5ccccc5)cc4OP3c3ccc(-c4ccccc4)cc3)cc2)cc1.c1ccc(C2=C(c3ccccc3)N(c3ccccc3)P(c3ccc(-c4ccccc4)cc3)O2)cc1. The Morgan fingerprint density at radius 3 is 0.904 bits per heavy atom. The molecule has 3 unspecified atom stereocenters. The Bertz CT molecular complexity index is 6070. The van der Waals surface area contributed by atoms with Gasteiger partial charge in [-0.2, -0.15) is 0 Å². The molecular formula is C106H78N3O3P3. The third kappa shape index (κ3) is 16.2. The maximum Gasteiger partial charge on any atom is 0.230 e. The van der Waals surface area contributed by atoms with Crippen LogP contribution in [0.5, 0.6) is 5.75 Å². The molecule has 0 aliphatic carbocycles. The van der Waals surface area contributed by atoms with Crippen molar-refractivity contribution >= 4 is 75.0 Å². The van der Waals surface area contributed by atoms with Gasteiger partial charge in [0, 0.05) is 50.3 Å². The second-order valence-electron chi connectivity index (χ2n) is 27.9. The summed E-state index contributed by atoms with van der Waals surface area (Å²) in [4.78, 5) is 0. The van der Waals surface area contributed by atoms with Gasteiger partial charge in [-0.1, -0.05) is 370 Å². The Hall–Kier alpha value is -13.7. The molecule has 17 aromatic rings. The van der Waals surface area contributed by atoms with E-state index < -0.39 is 24.9 Å². The molecule has 0 saturated carbocycles. The van der Waals surface area contributed by atoms with Gasteiger partial charge in [0.2, 0.25) is 24.9 Å². The number of para-hydroxylation sites is 1. The Morgan fingerprint density at radius 1 is 0.200 bits per heavy atom. The molecule has 3 aliphatic heterocycles. The van der Waals surface area contributed by atoms with Gasteiger partial charge in [0.05, 0.1) is 11.4 Å². The van der Waals surface area contributed by atoms with Gasteiger partial charge in [0.1, 0.15) is 6.26 Å². The predicted molar refractivity (Wildman–Crippen MR) is 487 cm³/mol. The molecule has 9 heteroatoms. The largest absolute Gasteiger partial charge is 0.455 e. The average Bonchev–Trinajstić information content (AvgIpc) is 1.63. The lowest BCUT2D eigenvalue weighted by atomic mass is 9.93. The Kier molecular flexibility index (Phi) is 21.9. The zero-order valence-corrected chi connectivity index (χ0v) is 65.6. The van der Waals surface area contributed by atoms with Crippen LogP contribution < -0.4 is 34.4 Å². The van der Waals surface area contributed by atoms with E-state index in [9.17, 15) is 0 Å². The van der Waals surface area contributed by atoms with Crippen LogP contribution in [0, 0.1) is 0 Å². The zero-order valence-electron chi connectivity index (χ0n) is 62.9. The summed E-state index contributed by atoms with van der Waals surface area (Å²) in [5.74, 6) is 1.82. The first kappa shape index (κ1) is 72.8. The summed E-state index contributed by atoms with van der Waals surface area (Å²) in [5.41, 5.74) is 26.9. The van der Waals surface area contributed by atoms with Crippen molar-refractivity contribution < 1.29 is 13.6 Å². The summed E-state index contributed by atoms with van der Waals surface area (Å²) in [6.07, 6.45) is 3.86. The lowest BCUT2D eigenvalue weighted by molar-refractivity contribution is 0.556. The van der Waals surface area contributed by atoms with Crippen molar-refractivity contribution in [3.8, 4) is 94.8 Å². The number of rotatable bonds is 16. The first-order chi connectivity index (χ1) is 57.0. The standard InChI is InChI=1S/C42H30NOP.2C32H24NOP/c1-5-13-31(14-6-1)33-21-25-37(26-22-33)43-41-29-39(35-17-9-3-10-18-35)40(36-19-11-4-12-20-36)30-42(41)44-45(43)38-27-23-34(24-28-38)32-15-7-2-8-16-32;1-5-13-25(14-6-1)26-21-23-30(24-22-26)35-33(29-19-11-4-12-20-29)31(27-15-7-2-8-16-27)32(34-35)28-17-9-3-10-18-28;1-4-10-25(11-5-1)28-16-18-31(19-17-28)33-20-21-34-35(33)32-23-29(26-12-6-2-7-13-26)22-30(24-32)27-14-8-3-9-15-27/h1-30H;2*1-24H. The van der Waals surface area contributed by atoms with Gasteiger partial charge >= 0.3 is 0 Å². The molecule has 3 heterocycles. The van der Waals surface area contributed by atoms with E-state index in [0.717, 1.165) is 62.0 Å². The number of nitrogens with zero attached hydrogens (tertiary/aromatic N) is 3. The quantitative estimate of drug-likeness (QED) is 0.0898. The highest BCUT2D eigenvalue weighted by Crippen LogP contribution is 2.62. The lowest BCUT2D eigenvalue weighted by Crippen LogP contribution is -2.18. The highest BCUT2D eigenvalue weighted by molar-refractivity contribution is 7.64. The molecule has 115 heavy (non-hydrogen) atoms. The molecule has 17 aromatic carbocycles. The van der Waals surface area contributed by atoms with Crippen molar-refractivity contribution in [2.24, 2.45) is 0 Å². The van der Waals surface area contributed by atoms with E-state index in [1.807, 2.05) is 30.7 Å². The van der Waals surface area contributed by atoms with Gasteiger partial charge in [-0.05, 0) is 180 Å². The minimum Gasteiger partial charge on any atom is -0.455 e. The topological polar surface area (TPSA) is 37.4 Å². The summed E-state index contributed by atoms with van der Waals surface area (Å²) in [6.45, 7) is 0. The minimum atomic E-state index is -1.18. The van der Waals surface area contributed by atoms with Crippen molar-refractivity contribution in [2.45, 2.75) is 0 Å². The van der Waals surface area contributed by atoms with Gasteiger partial charge in [-0.15, -0.1) is 0 Å². The molecule has 6 nitrogen and oxygen atoms in total. The Balaban J connectivity index is 0.000000121. The van der Waals surface area contributed by atoms with E-state index in [1.165, 1.54) is 94.1 Å². The van der Waals surface area contributed by atoms with Crippen molar-refractivity contribution in [3.05, 3.63) is 485 Å². The number of fused-ring (bicyclic) bond motifs is 1. The molecule has 20 rings (SSSR count). The number of hydrogen-bond donors (Lipinski definition) is 0. The number of benzene rings is 17. The molecule has 0 spiro atoms. The van der Waals surface area contributed by atoms with Crippen molar-refractivity contribution in [3.63, 3.8) is 0 Å². The van der Waals surface area contributed by atoms with E-state index in [-0.39, 0.29) is 0 Å². The summed E-state index contributed by atoms with van der Waals surface area (Å²) in [6, 6.07) is 163. The van der Waals surface area contributed by atoms with Gasteiger partial charge < -0.3 is 13.6 Å². The van der Waals surface area contributed by atoms with Crippen LogP contribution in [0.15, 0.2) is 474 Å². The maximum absolute atomic E-state index is 6.96. The van der Waals surface area contributed by atoms with Crippen LogP contribution in [0.25, 0.3) is 100 Å². The molecule has 0 N–H and O–H groups in total. The van der Waals surface area contributed by atoms with Crippen LogP contribution in [-0.4, -0.2) is 0 Å². The van der Waals surface area contributed by atoms with Crippen LogP contribution in [0.3, 0.4) is 0 Å². The van der Waals surface area contributed by atoms with E-state index in [2.05, 4.69) is 457 Å². The Morgan fingerprint density at radius 2 is 0.504 bits per heavy atom. The molecule has 0 saturated heterocycles. The van der Waals surface area contributed by atoms with Crippen LogP contribution in [0.2, 0.25) is 0 Å². The minimum absolute atomic E-state index is 0.902. The van der Waals surface area contributed by atoms with Gasteiger partial charge in [-0.25, -0.2) is 0 Å². The summed E-state index contributed by atoms with van der Waals surface area (Å²) < 4.78 is 27.1. The smallest absolute Gasteiger partial charge is 0.230 e. The van der Waals surface area contributed by atoms with E-state index in [4.69, 9.17) is 13.6 Å². The fourth-order valence-corrected chi connectivity index (χ4v) is 20.2. The predicted octanol–water partition coefficient (Wildman–Crippen LogP) is 28.5. The van der Waals surface area contributed by atoms with Gasteiger partial charge in [0.15, 0.2) is 11.5 Å². The first-order valence-electron chi connectivity index (χ1n) is 38.6. The highest BCUT2D eigenvalue weighted by atomic mass is 31.2. The number of hydrogen-bond acceptors (Lipinski definition) is 6. The molecule has 0 radical (unpaired) electrons. The van der Waals surface area contributed by atoms with Crippen molar-refractivity contribution in [2.75, 3.05) is 14.0 Å². The first-order valence-corrected chi connectivity index (χ1v) is 42.2. The Labute approximate surface area is 677 Å². The zero-order chi connectivity index (χ0) is 76.9. The highest BCUT2D eigenvalue weighted by Gasteiger charge is 2.40. The fraction of sp³-hybridized carbons (Fsp3) is 0. The number of anilines is 4. The fourth-order valence-electron chi connectivity index (χ4n) is 14.8. The van der Waals surface area contributed by atoms with Gasteiger partial charge in [-0.3, -0.25) is 14.0 Å². The molecule has 0 amide bonds. The molecule has 0 aromatic heterocycles. The summed E-state index contributed by atoms with van der Waals surface area (Å²) in [5, 5.41) is 3.51. The summed E-state index contributed by atoms with van der Waals surface area (Å²) >= 11 is 0. The second kappa shape index (κ2) is 34.5. The lowest BCUT2D eigenvalue weighted by Gasteiger charge is -2.27. The second-order valence-corrected chi connectivity index (χ2v) is 32.8. The molecule has 3 aliphatic rings. The average molecular weight is 1530 g/mol. The van der Waals surface area contributed by atoms with E-state index in [1.54, 1.807) is 0 Å². The third-order valence-electron chi connectivity index (χ3n) is 20.5. The monoisotopic (exact) mass is 1530 g/mol. The molecule has 3 atom stereocenters.